The largest absolute Gasteiger partial charge is 0.312 e. The zero-order valence-electron chi connectivity index (χ0n) is 12.3. The predicted molar refractivity (Wildman–Crippen MR) is 90.5 cm³/mol. The van der Waals surface area contributed by atoms with Crippen molar-refractivity contribution in [2.24, 2.45) is 0 Å². The van der Waals surface area contributed by atoms with Gasteiger partial charge in [-0.05, 0) is 24.1 Å². The molecule has 3 heteroatoms. The smallest absolute Gasteiger partial charge is 0.0448 e. The van der Waals surface area contributed by atoms with E-state index in [1.54, 1.807) is 0 Å². The van der Waals surface area contributed by atoms with E-state index < -0.39 is 0 Å². The minimum atomic E-state index is 0.467. The van der Waals surface area contributed by atoms with Crippen LogP contribution in [-0.4, -0.2) is 29.1 Å². The van der Waals surface area contributed by atoms with Gasteiger partial charge in [-0.2, -0.15) is 23.5 Å². The lowest BCUT2D eigenvalue weighted by Gasteiger charge is -2.34. The van der Waals surface area contributed by atoms with Crippen LogP contribution in [0, 0.1) is 0 Å². The summed E-state index contributed by atoms with van der Waals surface area (Å²) in [5.41, 5.74) is 2.86. The standard InChI is InChI=1S/C16H25NS2/c1-11(2)13-5-7-14(8-6-13)15(17-4)16-12(3)18-9-10-19-16/h5-8,11-12,15-17H,9-10H2,1-4H3. The molecule has 0 spiro atoms. The van der Waals surface area contributed by atoms with Crippen molar-refractivity contribution in [1.82, 2.24) is 5.32 Å². The quantitative estimate of drug-likeness (QED) is 0.889. The number of thioether (sulfide) groups is 2. The summed E-state index contributed by atoms with van der Waals surface area (Å²) in [7, 11) is 2.09. The minimum Gasteiger partial charge on any atom is -0.312 e. The summed E-state index contributed by atoms with van der Waals surface area (Å²) in [5.74, 6) is 3.19. The molecule has 3 unspecified atom stereocenters. The molecule has 0 radical (unpaired) electrons. The summed E-state index contributed by atoms with van der Waals surface area (Å²) in [6, 6.07) is 9.66. The first kappa shape index (κ1) is 15.3. The molecule has 2 rings (SSSR count). The number of hydrogen-bond donors (Lipinski definition) is 1. The monoisotopic (exact) mass is 295 g/mol. The fourth-order valence-electron chi connectivity index (χ4n) is 2.62. The van der Waals surface area contributed by atoms with Crippen molar-refractivity contribution in [2.45, 2.75) is 43.2 Å². The molecule has 19 heavy (non-hydrogen) atoms. The van der Waals surface area contributed by atoms with Crippen LogP contribution >= 0.6 is 23.5 Å². The van der Waals surface area contributed by atoms with Gasteiger partial charge in [-0.1, -0.05) is 45.0 Å². The molecule has 1 aliphatic rings. The molecule has 1 fully saturated rings. The molecule has 1 aromatic carbocycles. The van der Waals surface area contributed by atoms with Gasteiger partial charge in [0.25, 0.3) is 0 Å². The maximum atomic E-state index is 3.53. The lowest BCUT2D eigenvalue weighted by molar-refractivity contribution is 0.560. The number of benzene rings is 1. The number of rotatable bonds is 4. The highest BCUT2D eigenvalue weighted by Crippen LogP contribution is 2.38. The molecule has 1 heterocycles. The van der Waals surface area contributed by atoms with Gasteiger partial charge in [-0.25, -0.2) is 0 Å². The third kappa shape index (κ3) is 3.71. The van der Waals surface area contributed by atoms with Crippen molar-refractivity contribution in [2.75, 3.05) is 18.6 Å². The molecule has 106 valence electrons. The van der Waals surface area contributed by atoms with Crippen LogP contribution < -0.4 is 5.32 Å². The first-order chi connectivity index (χ1) is 9.13. The van der Waals surface area contributed by atoms with Crippen LogP contribution in [-0.2, 0) is 0 Å². The molecule has 0 bridgehead atoms. The van der Waals surface area contributed by atoms with Gasteiger partial charge in [0.05, 0.1) is 0 Å². The Morgan fingerprint density at radius 3 is 2.16 bits per heavy atom. The van der Waals surface area contributed by atoms with E-state index in [0.29, 0.717) is 17.2 Å². The third-order valence-electron chi connectivity index (χ3n) is 3.84. The lowest BCUT2D eigenvalue weighted by atomic mass is 9.97. The second kappa shape index (κ2) is 7.05. The maximum absolute atomic E-state index is 3.53. The molecule has 0 saturated carbocycles. The average molecular weight is 296 g/mol. The maximum Gasteiger partial charge on any atom is 0.0448 e. The van der Waals surface area contributed by atoms with Crippen LogP contribution in [0.4, 0.5) is 0 Å². The summed E-state index contributed by atoms with van der Waals surface area (Å²) < 4.78 is 0. The molecule has 0 amide bonds. The van der Waals surface area contributed by atoms with Crippen molar-refractivity contribution in [1.29, 1.82) is 0 Å². The highest BCUT2D eigenvalue weighted by atomic mass is 32.2. The van der Waals surface area contributed by atoms with E-state index in [0.717, 1.165) is 5.25 Å². The molecular formula is C16H25NS2. The van der Waals surface area contributed by atoms with Crippen LogP contribution in [0.1, 0.15) is 43.9 Å². The van der Waals surface area contributed by atoms with Crippen molar-refractivity contribution in [3.63, 3.8) is 0 Å². The van der Waals surface area contributed by atoms with E-state index >= 15 is 0 Å². The van der Waals surface area contributed by atoms with Crippen LogP contribution in [0.15, 0.2) is 24.3 Å². The van der Waals surface area contributed by atoms with Crippen molar-refractivity contribution < 1.29 is 0 Å². The molecule has 1 N–H and O–H groups in total. The average Bonchev–Trinajstić information content (AvgIpc) is 2.42. The van der Waals surface area contributed by atoms with Gasteiger partial charge < -0.3 is 5.32 Å². The molecule has 1 nitrogen and oxygen atoms in total. The Kier molecular flexibility index (Phi) is 5.67. The third-order valence-corrected chi connectivity index (χ3v) is 7.03. The highest BCUT2D eigenvalue weighted by Gasteiger charge is 2.30. The fourth-order valence-corrected chi connectivity index (χ4v) is 5.61. The number of nitrogens with one attached hydrogen (secondary N) is 1. The zero-order valence-corrected chi connectivity index (χ0v) is 14.0. The zero-order chi connectivity index (χ0) is 13.8. The molecule has 1 aromatic rings. The summed E-state index contributed by atoms with van der Waals surface area (Å²) in [5, 5.41) is 4.93. The summed E-state index contributed by atoms with van der Waals surface area (Å²) >= 11 is 4.24. The molecule has 1 aliphatic heterocycles. The van der Waals surface area contributed by atoms with Gasteiger partial charge in [0.2, 0.25) is 0 Å². The first-order valence-corrected chi connectivity index (χ1v) is 9.23. The Bertz CT molecular complexity index is 388. The molecule has 1 saturated heterocycles. The van der Waals surface area contributed by atoms with E-state index in [1.165, 1.54) is 22.6 Å². The minimum absolute atomic E-state index is 0.467. The fraction of sp³-hybridized carbons (Fsp3) is 0.625. The van der Waals surface area contributed by atoms with Gasteiger partial charge in [-0.3, -0.25) is 0 Å². The molecule has 0 aliphatic carbocycles. The number of hydrogen-bond acceptors (Lipinski definition) is 3. The Labute approximate surface area is 126 Å². The topological polar surface area (TPSA) is 12.0 Å². The van der Waals surface area contributed by atoms with Gasteiger partial charge in [0.1, 0.15) is 0 Å². The van der Waals surface area contributed by atoms with Gasteiger partial charge >= 0.3 is 0 Å². The Morgan fingerprint density at radius 2 is 1.63 bits per heavy atom. The van der Waals surface area contributed by atoms with Crippen molar-refractivity contribution >= 4 is 23.5 Å². The van der Waals surface area contributed by atoms with Gasteiger partial charge in [0.15, 0.2) is 0 Å². The van der Waals surface area contributed by atoms with Crippen molar-refractivity contribution in [3.05, 3.63) is 35.4 Å². The first-order valence-electron chi connectivity index (χ1n) is 7.13. The van der Waals surface area contributed by atoms with E-state index in [9.17, 15) is 0 Å². The molecule has 0 aromatic heterocycles. The van der Waals surface area contributed by atoms with E-state index in [-0.39, 0.29) is 0 Å². The van der Waals surface area contributed by atoms with E-state index in [1.807, 2.05) is 0 Å². The summed E-state index contributed by atoms with van der Waals surface area (Å²) in [6.07, 6.45) is 0. The lowest BCUT2D eigenvalue weighted by Crippen LogP contribution is -2.36. The highest BCUT2D eigenvalue weighted by molar-refractivity contribution is 8.07. The van der Waals surface area contributed by atoms with Gasteiger partial charge in [-0.15, -0.1) is 0 Å². The van der Waals surface area contributed by atoms with Crippen LogP contribution in [0.25, 0.3) is 0 Å². The van der Waals surface area contributed by atoms with Crippen LogP contribution in [0.5, 0.6) is 0 Å². The van der Waals surface area contributed by atoms with Crippen molar-refractivity contribution in [3.8, 4) is 0 Å². The normalized spacial score (nSPS) is 25.5. The Morgan fingerprint density at radius 1 is 1.05 bits per heavy atom. The van der Waals surface area contributed by atoms with Gasteiger partial charge in [0, 0.05) is 28.0 Å². The Hall–Kier alpha value is -0.120. The summed E-state index contributed by atoms with van der Waals surface area (Å²) in [4.78, 5) is 0. The predicted octanol–water partition coefficient (Wildman–Crippen LogP) is 4.31. The second-order valence-corrected chi connectivity index (χ2v) is 8.27. The van der Waals surface area contributed by atoms with Crippen LogP contribution in [0.2, 0.25) is 0 Å². The molecule has 3 atom stereocenters. The second-order valence-electron chi connectivity index (χ2n) is 5.50. The van der Waals surface area contributed by atoms with E-state index in [4.69, 9.17) is 0 Å². The summed E-state index contributed by atoms with van der Waals surface area (Å²) in [6.45, 7) is 6.87. The van der Waals surface area contributed by atoms with E-state index in [2.05, 4.69) is 80.9 Å². The Balaban J connectivity index is 2.16. The molecular weight excluding hydrogens is 270 g/mol. The van der Waals surface area contributed by atoms with Crippen LogP contribution in [0.3, 0.4) is 0 Å². The SMILES string of the molecule is CNC(c1ccc(C(C)C)cc1)C1SCCSC1C.